The van der Waals surface area contributed by atoms with E-state index < -0.39 is 9.84 Å². The van der Waals surface area contributed by atoms with Crippen molar-refractivity contribution in [1.29, 1.82) is 0 Å². The van der Waals surface area contributed by atoms with Gasteiger partial charge in [0.25, 0.3) is 0 Å². The molecule has 0 saturated heterocycles. The number of sulfone groups is 1. The number of hydrazine groups is 1. The van der Waals surface area contributed by atoms with Crippen molar-refractivity contribution in [3.63, 3.8) is 0 Å². The number of nitrogens with one attached hydrogen (secondary N) is 1. The van der Waals surface area contributed by atoms with Crippen LogP contribution in [0.5, 0.6) is 0 Å². The zero-order valence-electron chi connectivity index (χ0n) is 11.4. The van der Waals surface area contributed by atoms with Crippen LogP contribution in [0.4, 0.5) is 0 Å². The van der Waals surface area contributed by atoms with Crippen LogP contribution in [0.2, 0.25) is 0 Å². The second-order valence-corrected chi connectivity index (χ2v) is 6.53. The molecule has 1 aromatic heterocycles. The fourth-order valence-electron chi connectivity index (χ4n) is 2.13. The molecule has 1 heterocycles. The lowest BCUT2D eigenvalue weighted by Gasteiger charge is -2.18. The maximum absolute atomic E-state index is 11.6. The van der Waals surface area contributed by atoms with Crippen LogP contribution in [0.1, 0.15) is 24.2 Å². The van der Waals surface area contributed by atoms with Crippen LogP contribution in [0.15, 0.2) is 41.4 Å². The minimum atomic E-state index is -3.24. The molecule has 2 aromatic rings. The van der Waals surface area contributed by atoms with E-state index in [4.69, 9.17) is 5.84 Å². The zero-order chi connectivity index (χ0) is 14.8. The van der Waals surface area contributed by atoms with Crippen molar-refractivity contribution < 1.29 is 8.42 Å². The van der Waals surface area contributed by atoms with Crippen molar-refractivity contribution in [3.8, 4) is 0 Å². The van der Waals surface area contributed by atoms with Gasteiger partial charge in [-0.05, 0) is 30.7 Å². The normalized spacial score (nSPS) is 13.3. The van der Waals surface area contributed by atoms with E-state index in [2.05, 4.69) is 10.5 Å². The maximum atomic E-state index is 11.6. The monoisotopic (exact) mass is 294 g/mol. The molecule has 0 spiro atoms. The highest BCUT2D eigenvalue weighted by atomic mass is 32.2. The number of hydrogen-bond acceptors (Lipinski definition) is 5. The minimum Gasteiger partial charge on any atom is -0.271 e. The van der Waals surface area contributed by atoms with E-state index in [1.807, 2.05) is 23.7 Å². The fourth-order valence-corrected chi connectivity index (χ4v) is 2.81. The molecule has 0 radical (unpaired) electrons. The van der Waals surface area contributed by atoms with Crippen molar-refractivity contribution in [3.05, 3.63) is 47.8 Å². The van der Waals surface area contributed by atoms with E-state index >= 15 is 0 Å². The third kappa shape index (κ3) is 2.90. The number of hydrogen-bond donors (Lipinski definition) is 2. The van der Waals surface area contributed by atoms with Gasteiger partial charge in [-0.25, -0.2) is 13.8 Å². The minimum absolute atomic E-state index is 0.276. The molecule has 0 saturated carbocycles. The molecule has 0 fully saturated rings. The van der Waals surface area contributed by atoms with Gasteiger partial charge in [0.1, 0.15) is 0 Å². The predicted octanol–water partition coefficient (Wildman–Crippen LogP) is 0.859. The molecule has 0 amide bonds. The van der Waals surface area contributed by atoms with Crippen LogP contribution in [0.25, 0.3) is 0 Å². The first-order valence-electron chi connectivity index (χ1n) is 6.25. The van der Waals surface area contributed by atoms with E-state index in [1.165, 1.54) is 6.26 Å². The first-order chi connectivity index (χ1) is 9.47. The van der Waals surface area contributed by atoms with Crippen LogP contribution >= 0.6 is 0 Å². The Labute approximate surface area is 118 Å². The Bertz CT molecular complexity index is 694. The summed E-state index contributed by atoms with van der Waals surface area (Å²) in [4.78, 5) is 0.276. The molecule has 1 aromatic carbocycles. The smallest absolute Gasteiger partial charge is 0.175 e. The van der Waals surface area contributed by atoms with Gasteiger partial charge in [0.15, 0.2) is 9.84 Å². The fraction of sp³-hybridized carbons (Fsp3) is 0.308. The van der Waals surface area contributed by atoms with Crippen LogP contribution in [0, 0.1) is 0 Å². The molecule has 0 aliphatic rings. The number of nitrogens with two attached hydrogens (primary N) is 1. The predicted molar refractivity (Wildman–Crippen MR) is 76.6 cm³/mol. The quantitative estimate of drug-likeness (QED) is 0.630. The summed E-state index contributed by atoms with van der Waals surface area (Å²) in [6.45, 7) is 2.70. The Morgan fingerprint density at radius 3 is 2.75 bits per heavy atom. The lowest BCUT2D eigenvalue weighted by Crippen LogP contribution is -2.30. The summed E-state index contributed by atoms with van der Waals surface area (Å²) in [6, 6.07) is 8.31. The van der Waals surface area contributed by atoms with Gasteiger partial charge in [-0.3, -0.25) is 10.5 Å². The third-order valence-electron chi connectivity index (χ3n) is 3.13. The zero-order valence-corrected chi connectivity index (χ0v) is 12.3. The standard InChI is InChI=1S/C13H18N4O2S/c1-3-17-12(7-8-15-17)13(16-14)10-5-4-6-11(9-10)20(2,18)19/h4-9,13,16H,3,14H2,1-2H3. The largest absolute Gasteiger partial charge is 0.271 e. The van der Waals surface area contributed by atoms with Gasteiger partial charge in [-0.1, -0.05) is 12.1 Å². The Balaban J connectivity index is 2.48. The molecular weight excluding hydrogens is 276 g/mol. The summed E-state index contributed by atoms with van der Waals surface area (Å²) in [7, 11) is -3.24. The molecule has 0 aliphatic heterocycles. The first-order valence-corrected chi connectivity index (χ1v) is 8.14. The molecular formula is C13H18N4O2S. The molecule has 108 valence electrons. The van der Waals surface area contributed by atoms with Crippen LogP contribution < -0.4 is 11.3 Å². The molecule has 7 heteroatoms. The number of nitrogens with zero attached hydrogens (tertiary/aromatic N) is 2. The average molecular weight is 294 g/mol. The average Bonchev–Trinajstić information content (AvgIpc) is 2.87. The van der Waals surface area contributed by atoms with Crippen molar-refractivity contribution >= 4 is 9.84 Å². The second-order valence-electron chi connectivity index (χ2n) is 4.52. The molecule has 1 atom stereocenters. The molecule has 0 aliphatic carbocycles. The number of rotatable bonds is 5. The summed E-state index contributed by atoms with van der Waals surface area (Å²) in [5.74, 6) is 5.64. The molecule has 1 unspecified atom stereocenters. The van der Waals surface area contributed by atoms with Crippen molar-refractivity contribution in [2.75, 3.05) is 6.26 Å². The van der Waals surface area contributed by atoms with Gasteiger partial charge in [-0.2, -0.15) is 5.10 Å². The van der Waals surface area contributed by atoms with Gasteiger partial charge < -0.3 is 0 Å². The Hall–Kier alpha value is -1.70. The van der Waals surface area contributed by atoms with Gasteiger partial charge in [0, 0.05) is 19.0 Å². The number of aryl methyl sites for hydroxylation is 1. The molecule has 0 bridgehead atoms. The summed E-state index contributed by atoms with van der Waals surface area (Å²) in [6.07, 6.45) is 2.89. The highest BCUT2D eigenvalue weighted by Crippen LogP contribution is 2.23. The lowest BCUT2D eigenvalue weighted by atomic mass is 10.0. The van der Waals surface area contributed by atoms with Gasteiger partial charge in [-0.15, -0.1) is 0 Å². The maximum Gasteiger partial charge on any atom is 0.175 e. The SMILES string of the molecule is CCn1nccc1C(NN)c1cccc(S(C)(=O)=O)c1. The van der Waals surface area contributed by atoms with E-state index in [0.29, 0.717) is 6.54 Å². The Morgan fingerprint density at radius 2 is 2.15 bits per heavy atom. The third-order valence-corrected chi connectivity index (χ3v) is 4.24. The molecule has 2 rings (SSSR count). The van der Waals surface area contributed by atoms with E-state index in [0.717, 1.165) is 11.3 Å². The number of aromatic nitrogens is 2. The van der Waals surface area contributed by atoms with Gasteiger partial charge in [0.2, 0.25) is 0 Å². The van der Waals surface area contributed by atoms with Crippen molar-refractivity contribution in [1.82, 2.24) is 15.2 Å². The van der Waals surface area contributed by atoms with E-state index in [1.54, 1.807) is 24.4 Å². The molecule has 6 nitrogen and oxygen atoms in total. The highest BCUT2D eigenvalue weighted by Gasteiger charge is 2.18. The van der Waals surface area contributed by atoms with Crippen LogP contribution in [-0.4, -0.2) is 24.5 Å². The Kier molecular flexibility index (Phi) is 4.22. The van der Waals surface area contributed by atoms with Gasteiger partial charge in [0.05, 0.1) is 16.6 Å². The highest BCUT2D eigenvalue weighted by molar-refractivity contribution is 7.90. The summed E-state index contributed by atoms with van der Waals surface area (Å²) < 4.78 is 25.1. The summed E-state index contributed by atoms with van der Waals surface area (Å²) >= 11 is 0. The van der Waals surface area contributed by atoms with Crippen LogP contribution in [0.3, 0.4) is 0 Å². The Morgan fingerprint density at radius 1 is 1.40 bits per heavy atom. The number of benzene rings is 1. The lowest BCUT2D eigenvalue weighted by molar-refractivity contribution is 0.542. The van der Waals surface area contributed by atoms with Crippen molar-refractivity contribution in [2.24, 2.45) is 5.84 Å². The molecule has 3 N–H and O–H groups in total. The van der Waals surface area contributed by atoms with Gasteiger partial charge >= 0.3 is 0 Å². The summed E-state index contributed by atoms with van der Waals surface area (Å²) in [5.41, 5.74) is 4.39. The van der Waals surface area contributed by atoms with E-state index in [9.17, 15) is 8.42 Å². The van der Waals surface area contributed by atoms with Crippen molar-refractivity contribution in [2.45, 2.75) is 24.4 Å². The molecule has 20 heavy (non-hydrogen) atoms. The topological polar surface area (TPSA) is 90.0 Å². The van der Waals surface area contributed by atoms with Crippen LogP contribution in [-0.2, 0) is 16.4 Å². The summed E-state index contributed by atoms with van der Waals surface area (Å²) in [5, 5.41) is 4.20. The first kappa shape index (κ1) is 14.7. The van der Waals surface area contributed by atoms with E-state index in [-0.39, 0.29) is 10.9 Å². The second kappa shape index (κ2) is 5.74.